The predicted molar refractivity (Wildman–Crippen MR) is 62.2 cm³/mol. The zero-order valence-corrected chi connectivity index (χ0v) is 10.3. The molecule has 1 atom stereocenters. The van der Waals surface area contributed by atoms with Crippen LogP contribution < -0.4 is 0 Å². The minimum Gasteiger partial charge on any atom is -0.294 e. The van der Waals surface area contributed by atoms with Gasteiger partial charge in [0.15, 0.2) is 15.6 Å². The van der Waals surface area contributed by atoms with Gasteiger partial charge in [0.2, 0.25) is 0 Å². The molecule has 17 heavy (non-hydrogen) atoms. The average molecular weight is 256 g/mol. The van der Waals surface area contributed by atoms with Gasteiger partial charge in [-0.1, -0.05) is 0 Å². The van der Waals surface area contributed by atoms with Crippen LogP contribution in [0.25, 0.3) is 0 Å². The minimum absolute atomic E-state index is 0.0533. The van der Waals surface area contributed by atoms with Crippen LogP contribution in [0.1, 0.15) is 22.3 Å². The number of hydrogen-bond acceptors (Lipinski definition) is 3. The van der Waals surface area contributed by atoms with Crippen molar-refractivity contribution in [1.29, 1.82) is 0 Å². The Morgan fingerprint density at radius 2 is 2.06 bits per heavy atom. The zero-order valence-electron chi connectivity index (χ0n) is 9.44. The smallest absolute Gasteiger partial charge is 0.167 e. The molecular weight excluding hydrogens is 243 g/mol. The molecule has 92 valence electrons. The topological polar surface area (TPSA) is 51.2 Å². The monoisotopic (exact) mass is 256 g/mol. The number of ketones is 1. The van der Waals surface area contributed by atoms with Crippen LogP contribution in [0.15, 0.2) is 18.2 Å². The van der Waals surface area contributed by atoms with Crippen molar-refractivity contribution in [3.63, 3.8) is 0 Å². The van der Waals surface area contributed by atoms with Crippen molar-refractivity contribution < 1.29 is 17.6 Å². The molecule has 0 amide bonds. The Hall–Kier alpha value is -1.23. The lowest BCUT2D eigenvalue weighted by Crippen LogP contribution is -2.16. The van der Waals surface area contributed by atoms with Gasteiger partial charge in [-0.05, 0) is 37.1 Å². The molecule has 1 aliphatic rings. The van der Waals surface area contributed by atoms with Crippen molar-refractivity contribution in [1.82, 2.24) is 0 Å². The zero-order chi connectivity index (χ0) is 12.6. The summed E-state index contributed by atoms with van der Waals surface area (Å²) in [5, 5.41) is 0. The first kappa shape index (κ1) is 12.2. The van der Waals surface area contributed by atoms with Crippen molar-refractivity contribution in [3.05, 3.63) is 35.1 Å². The molecule has 3 nitrogen and oxygen atoms in total. The van der Waals surface area contributed by atoms with E-state index in [9.17, 15) is 17.6 Å². The van der Waals surface area contributed by atoms with Crippen LogP contribution in [0, 0.1) is 18.7 Å². The molecule has 2 rings (SSSR count). The summed E-state index contributed by atoms with van der Waals surface area (Å²) < 4.78 is 35.7. The largest absolute Gasteiger partial charge is 0.294 e. The second kappa shape index (κ2) is 4.22. The first-order chi connectivity index (χ1) is 7.87. The van der Waals surface area contributed by atoms with Gasteiger partial charge in [-0.2, -0.15) is 0 Å². The van der Waals surface area contributed by atoms with Gasteiger partial charge in [0, 0.05) is 11.5 Å². The summed E-state index contributed by atoms with van der Waals surface area (Å²) in [5.41, 5.74) is 0.929. The lowest BCUT2D eigenvalue weighted by atomic mass is 9.96. The molecule has 0 spiro atoms. The third-order valence-electron chi connectivity index (χ3n) is 2.93. The number of carbonyl (C=O) groups is 1. The van der Waals surface area contributed by atoms with E-state index in [1.807, 2.05) is 0 Å². The molecule has 1 aromatic rings. The molecule has 1 heterocycles. The van der Waals surface area contributed by atoms with Crippen molar-refractivity contribution in [2.24, 2.45) is 5.92 Å². The maximum absolute atomic E-state index is 13.2. The molecule has 1 saturated heterocycles. The number of sulfone groups is 1. The van der Waals surface area contributed by atoms with Crippen molar-refractivity contribution in [2.45, 2.75) is 13.3 Å². The Morgan fingerprint density at radius 3 is 2.59 bits per heavy atom. The van der Waals surface area contributed by atoms with Crippen LogP contribution in [0.4, 0.5) is 4.39 Å². The quantitative estimate of drug-likeness (QED) is 0.757. The maximum atomic E-state index is 13.2. The maximum Gasteiger partial charge on any atom is 0.167 e. The minimum atomic E-state index is -3.08. The van der Waals surface area contributed by atoms with Crippen molar-refractivity contribution in [3.8, 4) is 0 Å². The third-order valence-corrected chi connectivity index (χ3v) is 4.70. The summed E-state index contributed by atoms with van der Waals surface area (Å²) >= 11 is 0. The second-order valence-electron chi connectivity index (χ2n) is 4.48. The molecule has 5 heteroatoms. The van der Waals surface area contributed by atoms with Crippen molar-refractivity contribution >= 4 is 15.6 Å². The fraction of sp³-hybridized carbons (Fsp3) is 0.417. The molecule has 0 N–H and O–H groups in total. The summed E-state index contributed by atoms with van der Waals surface area (Å²) in [6.45, 7) is 1.70. The van der Waals surface area contributed by atoms with E-state index in [0.717, 1.165) is 0 Å². The Bertz CT molecular complexity index is 543. The van der Waals surface area contributed by atoms with Crippen molar-refractivity contribution in [2.75, 3.05) is 11.5 Å². The Labute approximate surface area is 99.6 Å². The second-order valence-corrected chi connectivity index (χ2v) is 6.71. The molecule has 0 aromatic heterocycles. The standard InChI is InChI=1S/C12H13FO3S/c1-8-4-10(6-11(13)5-8)12(14)9-2-3-17(15,16)7-9/h4-6,9H,2-3,7H2,1H3. The van der Waals surface area contributed by atoms with Gasteiger partial charge in [0.1, 0.15) is 5.82 Å². The molecule has 1 aromatic carbocycles. The van der Waals surface area contributed by atoms with Crippen LogP contribution in [-0.4, -0.2) is 25.7 Å². The highest BCUT2D eigenvalue weighted by molar-refractivity contribution is 7.91. The molecule has 0 aliphatic carbocycles. The summed E-state index contributed by atoms with van der Waals surface area (Å²) in [5.74, 6) is -1.30. The summed E-state index contributed by atoms with van der Waals surface area (Å²) in [6, 6.07) is 4.10. The summed E-state index contributed by atoms with van der Waals surface area (Å²) in [7, 11) is -3.08. The number of rotatable bonds is 2. The predicted octanol–water partition coefficient (Wildman–Crippen LogP) is 1.75. The molecule has 1 aliphatic heterocycles. The van der Waals surface area contributed by atoms with Crippen LogP contribution in [-0.2, 0) is 9.84 Å². The lowest BCUT2D eigenvalue weighted by molar-refractivity contribution is 0.0932. The van der Waals surface area contributed by atoms with Gasteiger partial charge in [-0.3, -0.25) is 4.79 Å². The van der Waals surface area contributed by atoms with Gasteiger partial charge >= 0.3 is 0 Å². The molecular formula is C12H13FO3S. The Kier molecular flexibility index (Phi) is 3.03. The van der Waals surface area contributed by atoms with Gasteiger partial charge in [0.25, 0.3) is 0 Å². The first-order valence-electron chi connectivity index (χ1n) is 5.39. The van der Waals surface area contributed by atoms with E-state index in [1.165, 1.54) is 12.1 Å². The SMILES string of the molecule is Cc1cc(F)cc(C(=O)C2CCS(=O)(=O)C2)c1. The van der Waals surface area contributed by atoms with E-state index >= 15 is 0 Å². The van der Waals surface area contributed by atoms with Gasteiger partial charge in [0.05, 0.1) is 11.5 Å². The highest BCUT2D eigenvalue weighted by Crippen LogP contribution is 2.23. The number of hydrogen-bond donors (Lipinski definition) is 0. The fourth-order valence-corrected chi connectivity index (χ4v) is 3.86. The highest BCUT2D eigenvalue weighted by atomic mass is 32.2. The number of carbonyl (C=O) groups excluding carboxylic acids is 1. The first-order valence-corrected chi connectivity index (χ1v) is 7.21. The average Bonchev–Trinajstić information content (AvgIpc) is 2.56. The number of halogens is 1. The lowest BCUT2D eigenvalue weighted by Gasteiger charge is -2.07. The Morgan fingerprint density at radius 1 is 1.35 bits per heavy atom. The number of aryl methyl sites for hydroxylation is 1. The summed E-state index contributed by atoms with van der Waals surface area (Å²) in [6.07, 6.45) is 0.344. The van der Waals surface area contributed by atoms with E-state index in [1.54, 1.807) is 13.0 Å². The van der Waals surface area contributed by atoms with Gasteiger partial charge in [-0.15, -0.1) is 0 Å². The molecule has 0 bridgehead atoms. The van der Waals surface area contributed by atoms with Gasteiger partial charge < -0.3 is 0 Å². The molecule has 0 radical (unpaired) electrons. The fourth-order valence-electron chi connectivity index (χ4n) is 2.12. The number of benzene rings is 1. The molecule has 0 saturated carbocycles. The normalized spacial score (nSPS) is 22.6. The van der Waals surface area contributed by atoms with E-state index in [4.69, 9.17) is 0 Å². The van der Waals surface area contributed by atoms with E-state index in [0.29, 0.717) is 12.0 Å². The number of Topliss-reactive ketones (excluding diaryl/α,β-unsaturated/α-hetero) is 1. The van der Waals surface area contributed by atoms with Crippen LogP contribution in [0.2, 0.25) is 0 Å². The van der Waals surface area contributed by atoms with Gasteiger partial charge in [-0.25, -0.2) is 12.8 Å². The van der Waals surface area contributed by atoms with Crippen LogP contribution in [0.5, 0.6) is 0 Å². The third kappa shape index (κ3) is 2.72. The summed E-state index contributed by atoms with van der Waals surface area (Å²) in [4.78, 5) is 12.0. The molecule has 1 fully saturated rings. The highest BCUT2D eigenvalue weighted by Gasteiger charge is 2.33. The van der Waals surface area contributed by atoms with E-state index in [2.05, 4.69) is 0 Å². The van der Waals surface area contributed by atoms with Crippen LogP contribution in [0.3, 0.4) is 0 Å². The van der Waals surface area contributed by atoms with E-state index in [-0.39, 0.29) is 22.9 Å². The van der Waals surface area contributed by atoms with Crippen LogP contribution >= 0.6 is 0 Å². The van der Waals surface area contributed by atoms with E-state index < -0.39 is 21.6 Å². The Balaban J connectivity index is 2.26. The molecule has 1 unspecified atom stereocenters.